The third kappa shape index (κ3) is 4.34. The van der Waals surface area contributed by atoms with Crippen LogP contribution in [0, 0.1) is 5.82 Å². The van der Waals surface area contributed by atoms with Crippen LogP contribution in [0.25, 0.3) is 0 Å². The molecule has 9 heteroatoms. The summed E-state index contributed by atoms with van der Waals surface area (Å²) in [5, 5.41) is 29.0. The van der Waals surface area contributed by atoms with Gasteiger partial charge in [0.2, 0.25) is 0 Å². The molecule has 5 atom stereocenters. The Morgan fingerprint density at radius 2 is 1.91 bits per heavy atom. The molecule has 0 unspecified atom stereocenters. The molecule has 1 heterocycles. The molecule has 0 bridgehead atoms. The second kappa shape index (κ2) is 7.95. The van der Waals surface area contributed by atoms with Gasteiger partial charge in [-0.15, -0.1) is 0 Å². The first-order valence-electron chi connectivity index (χ1n) is 6.75. The molecule has 1 aliphatic rings. The van der Waals surface area contributed by atoms with E-state index in [4.69, 9.17) is 31.2 Å². The molecule has 2 rings (SSSR count). The minimum atomic E-state index is -1.35. The van der Waals surface area contributed by atoms with Crippen LogP contribution in [-0.4, -0.2) is 65.0 Å². The van der Waals surface area contributed by atoms with Gasteiger partial charge in [-0.05, 0) is 24.3 Å². The largest absolute Gasteiger partial charge is 0.447 e. The van der Waals surface area contributed by atoms with Crippen LogP contribution in [0.3, 0.4) is 0 Å². The standard InChI is InChI=1S/C14H17FO7S/c1-19-13-11(18)12(10(17)9(6-16)21-13)22-14(23)20-8-4-2-7(15)3-5-8/h2-5,9-13,16-18H,6H2,1H3/t9-,10-,11+,12+,13-/m1/s1. The van der Waals surface area contributed by atoms with Gasteiger partial charge in [-0.2, -0.15) is 0 Å². The lowest BCUT2D eigenvalue weighted by Crippen LogP contribution is -2.60. The fourth-order valence-corrected chi connectivity index (χ4v) is 2.33. The number of aliphatic hydroxyl groups excluding tert-OH is 3. The third-order valence-corrected chi connectivity index (χ3v) is 3.48. The van der Waals surface area contributed by atoms with Gasteiger partial charge < -0.3 is 34.3 Å². The van der Waals surface area contributed by atoms with E-state index >= 15 is 0 Å². The van der Waals surface area contributed by atoms with Crippen LogP contribution in [0.1, 0.15) is 0 Å². The number of methoxy groups -OCH3 is 1. The topological polar surface area (TPSA) is 97.6 Å². The maximum Gasteiger partial charge on any atom is 0.358 e. The highest BCUT2D eigenvalue weighted by molar-refractivity contribution is 7.79. The van der Waals surface area contributed by atoms with Crippen molar-refractivity contribution < 1.29 is 38.7 Å². The smallest absolute Gasteiger partial charge is 0.358 e. The first-order chi connectivity index (χ1) is 11.0. The summed E-state index contributed by atoms with van der Waals surface area (Å²) in [6.07, 6.45) is -6.04. The Hall–Kier alpha value is -1.36. The molecule has 0 aliphatic carbocycles. The SMILES string of the molecule is CO[C@@H]1O[C@H](CO)[C@@H](O)[C@H](OC(=S)Oc2ccc(F)cc2)[C@@H]1O. The Morgan fingerprint density at radius 1 is 1.26 bits per heavy atom. The van der Waals surface area contributed by atoms with E-state index in [0.29, 0.717) is 0 Å². The highest BCUT2D eigenvalue weighted by atomic mass is 32.1. The molecule has 0 saturated carbocycles. The number of hydrogen-bond acceptors (Lipinski definition) is 8. The highest BCUT2D eigenvalue weighted by Crippen LogP contribution is 2.24. The molecule has 1 saturated heterocycles. The van der Waals surface area contributed by atoms with Crippen molar-refractivity contribution in [3.8, 4) is 5.75 Å². The summed E-state index contributed by atoms with van der Waals surface area (Å²) in [6.45, 7) is -0.501. The Kier molecular flexibility index (Phi) is 6.22. The zero-order chi connectivity index (χ0) is 17.0. The average Bonchev–Trinajstić information content (AvgIpc) is 2.54. The molecular formula is C14H17FO7S. The predicted octanol–water partition coefficient (Wildman–Crippen LogP) is -0.0400. The molecule has 1 aliphatic heterocycles. The summed E-state index contributed by atoms with van der Waals surface area (Å²) >= 11 is 4.90. The second-order valence-corrected chi connectivity index (χ2v) is 5.16. The van der Waals surface area contributed by atoms with Gasteiger partial charge in [0.05, 0.1) is 6.61 Å². The maximum atomic E-state index is 12.8. The van der Waals surface area contributed by atoms with Crippen LogP contribution < -0.4 is 4.74 Å². The number of hydrogen-bond donors (Lipinski definition) is 3. The van der Waals surface area contributed by atoms with Crippen molar-refractivity contribution in [2.24, 2.45) is 0 Å². The van der Waals surface area contributed by atoms with Gasteiger partial charge in [-0.3, -0.25) is 0 Å². The van der Waals surface area contributed by atoms with Crippen LogP contribution >= 0.6 is 12.2 Å². The zero-order valence-electron chi connectivity index (χ0n) is 12.2. The molecule has 0 aromatic heterocycles. The lowest BCUT2D eigenvalue weighted by atomic mass is 9.99. The number of benzene rings is 1. The summed E-state index contributed by atoms with van der Waals surface area (Å²) in [5.41, 5.74) is 0. The third-order valence-electron chi connectivity index (χ3n) is 3.30. The highest BCUT2D eigenvalue weighted by Gasteiger charge is 2.46. The fourth-order valence-electron chi connectivity index (χ4n) is 2.12. The van der Waals surface area contributed by atoms with E-state index in [1.165, 1.54) is 31.4 Å². The van der Waals surface area contributed by atoms with Crippen LogP contribution in [0.4, 0.5) is 4.39 Å². The van der Waals surface area contributed by atoms with Crippen LogP contribution in [-0.2, 0) is 14.2 Å². The lowest BCUT2D eigenvalue weighted by molar-refractivity contribution is -0.292. The van der Waals surface area contributed by atoms with Crippen molar-refractivity contribution in [3.05, 3.63) is 30.1 Å². The van der Waals surface area contributed by atoms with Crippen molar-refractivity contribution in [2.75, 3.05) is 13.7 Å². The van der Waals surface area contributed by atoms with Gasteiger partial charge in [0.15, 0.2) is 12.4 Å². The Labute approximate surface area is 137 Å². The summed E-state index contributed by atoms with van der Waals surface area (Å²) < 4.78 is 33.4. The number of ether oxygens (including phenoxy) is 4. The van der Waals surface area contributed by atoms with Gasteiger partial charge in [-0.25, -0.2) is 4.39 Å². The van der Waals surface area contributed by atoms with E-state index in [9.17, 15) is 19.7 Å². The van der Waals surface area contributed by atoms with E-state index in [2.05, 4.69) is 0 Å². The number of aliphatic hydroxyl groups is 3. The maximum absolute atomic E-state index is 12.8. The molecule has 1 aromatic rings. The van der Waals surface area contributed by atoms with Crippen LogP contribution in [0.15, 0.2) is 24.3 Å². The van der Waals surface area contributed by atoms with E-state index in [-0.39, 0.29) is 11.0 Å². The fraction of sp³-hybridized carbons (Fsp3) is 0.500. The van der Waals surface area contributed by atoms with Crippen molar-refractivity contribution in [1.82, 2.24) is 0 Å². The number of rotatable bonds is 4. The predicted molar refractivity (Wildman–Crippen MR) is 79.3 cm³/mol. The first-order valence-corrected chi connectivity index (χ1v) is 7.16. The van der Waals surface area contributed by atoms with Crippen LogP contribution in [0.5, 0.6) is 5.75 Å². The van der Waals surface area contributed by atoms with Crippen molar-refractivity contribution in [3.63, 3.8) is 0 Å². The molecular weight excluding hydrogens is 331 g/mol. The Morgan fingerprint density at radius 3 is 2.48 bits per heavy atom. The first kappa shape index (κ1) is 18.0. The molecule has 0 spiro atoms. The molecule has 128 valence electrons. The second-order valence-electron chi connectivity index (χ2n) is 4.83. The Balaban J connectivity index is 2.03. The minimum absolute atomic E-state index is 0.231. The summed E-state index contributed by atoms with van der Waals surface area (Å²) in [7, 11) is 1.30. The number of halogens is 1. The van der Waals surface area contributed by atoms with Crippen molar-refractivity contribution >= 4 is 17.5 Å². The van der Waals surface area contributed by atoms with Crippen molar-refractivity contribution in [1.29, 1.82) is 0 Å². The van der Waals surface area contributed by atoms with Gasteiger partial charge >= 0.3 is 5.24 Å². The molecule has 1 fully saturated rings. The molecule has 23 heavy (non-hydrogen) atoms. The van der Waals surface area contributed by atoms with Gasteiger partial charge in [0.25, 0.3) is 0 Å². The average molecular weight is 348 g/mol. The normalized spacial score (nSPS) is 30.7. The molecule has 7 nitrogen and oxygen atoms in total. The summed E-state index contributed by atoms with van der Waals surface area (Å²) in [4.78, 5) is 0. The van der Waals surface area contributed by atoms with Crippen LogP contribution in [0.2, 0.25) is 0 Å². The molecule has 1 aromatic carbocycles. The van der Waals surface area contributed by atoms with Crippen molar-refractivity contribution in [2.45, 2.75) is 30.7 Å². The van der Waals surface area contributed by atoms with E-state index in [1.54, 1.807) is 0 Å². The lowest BCUT2D eigenvalue weighted by Gasteiger charge is -2.40. The molecule has 0 radical (unpaired) electrons. The minimum Gasteiger partial charge on any atom is -0.447 e. The van der Waals surface area contributed by atoms with E-state index in [0.717, 1.165) is 0 Å². The number of thiocarbonyl (C=S) groups is 1. The monoisotopic (exact) mass is 348 g/mol. The summed E-state index contributed by atoms with van der Waals surface area (Å²) in [5.74, 6) is -0.206. The summed E-state index contributed by atoms with van der Waals surface area (Å²) in [6, 6.07) is 5.05. The van der Waals surface area contributed by atoms with E-state index < -0.39 is 43.1 Å². The molecule has 3 N–H and O–H groups in total. The van der Waals surface area contributed by atoms with E-state index in [1.807, 2.05) is 0 Å². The quantitative estimate of drug-likeness (QED) is 0.652. The van der Waals surface area contributed by atoms with Gasteiger partial charge in [0, 0.05) is 19.3 Å². The molecule has 0 amide bonds. The zero-order valence-corrected chi connectivity index (χ0v) is 13.0. The van der Waals surface area contributed by atoms with Gasteiger partial charge in [0.1, 0.15) is 29.9 Å². The Bertz CT molecular complexity index is 510. The van der Waals surface area contributed by atoms with Gasteiger partial charge in [-0.1, -0.05) is 0 Å².